The van der Waals surface area contributed by atoms with E-state index in [1.165, 1.54) is 21.5 Å². The predicted octanol–water partition coefficient (Wildman–Crippen LogP) is 9.40. The van der Waals surface area contributed by atoms with Gasteiger partial charge in [0.05, 0.1) is 22.4 Å². The summed E-state index contributed by atoms with van der Waals surface area (Å²) in [6.07, 6.45) is 0. The molecule has 0 aliphatic carbocycles. The zero-order valence-electron chi connectivity index (χ0n) is 22.4. The van der Waals surface area contributed by atoms with Gasteiger partial charge in [-0.1, -0.05) is 109 Å². The topological polar surface area (TPSA) is 38.1 Å². The van der Waals surface area contributed by atoms with Crippen LogP contribution in [0.25, 0.3) is 43.6 Å². The van der Waals surface area contributed by atoms with Crippen LogP contribution in [0.5, 0.6) is 0 Å². The fraction of sp³-hybridized carbons (Fsp3) is 0.0588. The quantitative estimate of drug-likeness (QED) is 0.111. The number of nitrogens with one attached hydrogen (secondary N) is 2. The molecule has 4 nitrogen and oxygen atoms in total. The van der Waals surface area contributed by atoms with Crippen LogP contribution >= 0.6 is 49.7 Å². The average molecular weight is 619 g/mol. The van der Waals surface area contributed by atoms with Crippen molar-refractivity contribution in [2.24, 2.45) is 0 Å². The van der Waals surface area contributed by atoms with E-state index in [2.05, 4.69) is 142 Å². The van der Waals surface area contributed by atoms with Gasteiger partial charge in [-0.2, -0.15) is 0 Å². The Morgan fingerprint density at radius 3 is 1.29 bits per heavy atom. The maximum atomic E-state index is 5.61. The first-order chi connectivity index (χ1) is 20.5. The van der Waals surface area contributed by atoms with E-state index in [4.69, 9.17) is 24.4 Å². The maximum absolute atomic E-state index is 5.61. The molecule has 7 rings (SSSR count). The Bertz CT molecular complexity index is 1970. The molecule has 8 heteroatoms. The van der Waals surface area contributed by atoms with Crippen molar-refractivity contribution < 1.29 is 0 Å². The van der Waals surface area contributed by atoms with E-state index in [1.807, 2.05) is 12.1 Å². The summed E-state index contributed by atoms with van der Waals surface area (Å²) in [6.45, 7) is 1.19. The minimum absolute atomic E-state index is 0.517. The van der Waals surface area contributed by atoms with Gasteiger partial charge in [0.15, 0.2) is 0 Å². The van der Waals surface area contributed by atoms with Gasteiger partial charge in [-0.3, -0.25) is 0 Å². The molecule has 0 fully saturated rings. The Labute approximate surface area is 265 Å². The first-order valence-corrected chi connectivity index (χ1v) is 15.3. The van der Waals surface area contributed by atoms with Gasteiger partial charge in [-0.05, 0) is 35.4 Å². The Balaban J connectivity index is 1.17. The smallest absolute Gasteiger partial charge is 0.138 e. The fourth-order valence-electron chi connectivity index (χ4n) is 5.79. The molecule has 0 atom stereocenters. The summed E-state index contributed by atoms with van der Waals surface area (Å²) in [6, 6.07) is 37.8. The average Bonchev–Trinajstić information content (AvgIpc) is 3.58. The lowest BCUT2D eigenvalue weighted by atomic mass is 10.1. The molecule has 2 N–H and O–H groups in total. The number of anilines is 2. The predicted molar refractivity (Wildman–Crippen MR) is 194 cm³/mol. The molecule has 0 spiro atoms. The summed E-state index contributed by atoms with van der Waals surface area (Å²) in [5.41, 5.74) is 8.57. The number of fused-ring (bicyclic) bond motifs is 6. The van der Waals surface area contributed by atoms with Crippen molar-refractivity contribution in [2.75, 3.05) is 9.80 Å². The van der Waals surface area contributed by atoms with E-state index in [9.17, 15) is 0 Å². The molecule has 0 radical (unpaired) electrons. The van der Waals surface area contributed by atoms with E-state index >= 15 is 0 Å². The summed E-state index contributed by atoms with van der Waals surface area (Å²) >= 11 is 20.4. The lowest BCUT2D eigenvalue weighted by molar-refractivity contribution is 1.00. The number of para-hydroxylation sites is 4. The molecule has 5 aromatic carbocycles. The number of aromatic nitrogens is 2. The van der Waals surface area contributed by atoms with E-state index in [0.717, 1.165) is 44.6 Å². The number of nitrogens with zero attached hydrogens (tertiary/aromatic N) is 2. The molecular weight excluding hydrogens is 593 g/mol. The van der Waals surface area contributed by atoms with Gasteiger partial charge in [-0.15, -0.1) is 25.3 Å². The molecule has 0 bridgehead atoms. The third-order valence-corrected chi connectivity index (χ3v) is 8.71. The van der Waals surface area contributed by atoms with Crippen LogP contribution in [0.3, 0.4) is 0 Å². The zero-order chi connectivity index (χ0) is 28.8. The largest absolute Gasteiger partial charge is 0.353 e. The van der Waals surface area contributed by atoms with Crippen LogP contribution in [0.1, 0.15) is 11.1 Å². The van der Waals surface area contributed by atoms with E-state index in [0.29, 0.717) is 21.7 Å². The van der Waals surface area contributed by atoms with Crippen molar-refractivity contribution in [2.45, 2.75) is 13.1 Å². The number of thiol groups is 2. The van der Waals surface area contributed by atoms with Crippen LogP contribution in [0.4, 0.5) is 11.4 Å². The SMILES string of the molecule is S=C(S)N(Cc1ccc(CN(C(=S)S)c2cccc3c2[nH]c2ccccc23)cc1)c1cccc2c1[nH]c1ccccc12. The molecule has 0 saturated carbocycles. The minimum Gasteiger partial charge on any atom is -0.353 e. The van der Waals surface area contributed by atoms with E-state index < -0.39 is 0 Å². The second kappa shape index (κ2) is 11.1. The number of rotatable bonds is 6. The fourth-order valence-corrected chi connectivity index (χ4v) is 6.47. The van der Waals surface area contributed by atoms with Gasteiger partial charge in [0.1, 0.15) is 8.64 Å². The van der Waals surface area contributed by atoms with Crippen molar-refractivity contribution in [1.82, 2.24) is 9.97 Å². The van der Waals surface area contributed by atoms with E-state index in [1.54, 1.807) is 0 Å². The van der Waals surface area contributed by atoms with Gasteiger partial charge >= 0.3 is 0 Å². The molecule has 0 aliphatic heterocycles. The summed E-state index contributed by atoms with van der Waals surface area (Å²) in [4.78, 5) is 11.3. The number of hydrogen-bond acceptors (Lipinski definition) is 2. The third-order valence-electron chi connectivity index (χ3n) is 7.79. The second-order valence-corrected chi connectivity index (χ2v) is 12.5. The maximum Gasteiger partial charge on any atom is 0.138 e. The molecule has 7 aromatic rings. The highest BCUT2D eigenvalue weighted by Gasteiger charge is 2.18. The number of thiocarbonyl (C=S) groups is 2. The Morgan fingerprint density at radius 2 is 0.881 bits per heavy atom. The first kappa shape index (κ1) is 27.0. The number of benzene rings is 5. The zero-order valence-corrected chi connectivity index (χ0v) is 25.8. The minimum atomic E-state index is 0.517. The number of hydrogen-bond donors (Lipinski definition) is 4. The van der Waals surface area contributed by atoms with Crippen molar-refractivity contribution >= 4 is 113 Å². The summed E-state index contributed by atoms with van der Waals surface area (Å²) in [5, 5.41) is 4.72. The molecule has 206 valence electrons. The van der Waals surface area contributed by atoms with E-state index in [-0.39, 0.29) is 0 Å². The highest BCUT2D eigenvalue weighted by Crippen LogP contribution is 2.35. The summed E-state index contributed by atoms with van der Waals surface area (Å²) in [5.74, 6) is 0. The summed E-state index contributed by atoms with van der Waals surface area (Å²) < 4.78 is 1.03. The molecule has 0 aliphatic rings. The Morgan fingerprint density at radius 1 is 0.500 bits per heavy atom. The Hall–Kier alpha value is -3.82. The van der Waals surface area contributed by atoms with Crippen molar-refractivity contribution in [1.29, 1.82) is 0 Å². The van der Waals surface area contributed by atoms with Crippen molar-refractivity contribution in [3.05, 3.63) is 120 Å². The Kier molecular flexibility index (Phi) is 7.15. The molecule has 2 aromatic heterocycles. The first-order valence-electron chi connectivity index (χ1n) is 13.6. The van der Waals surface area contributed by atoms with Crippen LogP contribution in [-0.4, -0.2) is 18.6 Å². The highest BCUT2D eigenvalue weighted by atomic mass is 32.1. The van der Waals surface area contributed by atoms with Crippen LogP contribution < -0.4 is 9.80 Å². The standard InChI is InChI=1S/C34H26N4S4/c39-33(40)37(29-13-5-9-25-23-7-1-3-11-27(23)35-31(25)29)19-21-15-17-22(18-16-21)20-38(34(41)42)30-14-6-10-26-24-8-2-4-12-28(24)36-32(26)30/h1-18,35-36H,19-20H2,(H,39,40)(H,41,42). The molecule has 0 unspecified atom stereocenters. The van der Waals surface area contributed by atoms with Crippen molar-refractivity contribution in [3.8, 4) is 0 Å². The van der Waals surface area contributed by atoms with Crippen molar-refractivity contribution in [3.63, 3.8) is 0 Å². The van der Waals surface area contributed by atoms with Gasteiger partial charge in [0.2, 0.25) is 0 Å². The highest BCUT2D eigenvalue weighted by molar-refractivity contribution is 8.11. The van der Waals surface area contributed by atoms with Crippen LogP contribution in [-0.2, 0) is 13.1 Å². The van der Waals surface area contributed by atoms with Crippen LogP contribution in [0, 0.1) is 0 Å². The normalized spacial score (nSPS) is 11.5. The molecule has 42 heavy (non-hydrogen) atoms. The summed E-state index contributed by atoms with van der Waals surface area (Å²) in [7, 11) is 0. The second-order valence-electron chi connectivity index (χ2n) is 10.3. The molecule has 2 heterocycles. The third kappa shape index (κ3) is 4.84. The van der Waals surface area contributed by atoms with Crippen LogP contribution in [0.15, 0.2) is 109 Å². The van der Waals surface area contributed by atoms with Gasteiger partial charge < -0.3 is 19.8 Å². The lowest BCUT2D eigenvalue weighted by Gasteiger charge is -2.25. The molecule has 0 saturated heterocycles. The van der Waals surface area contributed by atoms with Gasteiger partial charge in [-0.25, -0.2) is 0 Å². The molecular formula is C34H26N4S4. The lowest BCUT2D eigenvalue weighted by Crippen LogP contribution is -2.26. The number of aromatic amines is 2. The van der Waals surface area contributed by atoms with Gasteiger partial charge in [0.25, 0.3) is 0 Å². The van der Waals surface area contributed by atoms with Gasteiger partial charge in [0, 0.05) is 45.7 Å². The molecule has 0 amide bonds. The number of H-pyrrole nitrogens is 2. The monoisotopic (exact) mass is 618 g/mol. The van der Waals surface area contributed by atoms with Crippen LogP contribution in [0.2, 0.25) is 0 Å².